The number of rotatable bonds is 16. The Labute approximate surface area is 289 Å². The standard InChI is InChI=1S/C38H45N3O7S/c1-7-28(3)39-38(43)34(23-29-12-9-8-10-13-29)40(25-30-14-11-15-32(22-30)46-4)37(42)26-41(31-18-16-27(2)17-19-31)49(44,45)33-20-21-35(47-5)36(24-33)48-6/h8-22,24,28,34H,7,23,25-26H2,1-6H3,(H,39,43)/t28-,34-/m0/s1. The Morgan fingerprint density at radius 2 is 1.47 bits per heavy atom. The molecule has 0 aliphatic rings. The van der Waals surface area contributed by atoms with Crippen LogP contribution in [0.15, 0.2) is 102 Å². The zero-order valence-corrected chi connectivity index (χ0v) is 29.7. The van der Waals surface area contributed by atoms with Gasteiger partial charge in [0.25, 0.3) is 10.0 Å². The molecule has 260 valence electrons. The predicted molar refractivity (Wildman–Crippen MR) is 191 cm³/mol. The molecule has 0 bridgehead atoms. The van der Waals surface area contributed by atoms with Crippen molar-refractivity contribution in [3.05, 3.63) is 114 Å². The fourth-order valence-electron chi connectivity index (χ4n) is 5.31. The summed E-state index contributed by atoms with van der Waals surface area (Å²) >= 11 is 0. The summed E-state index contributed by atoms with van der Waals surface area (Å²) < 4.78 is 46.1. The fraction of sp³-hybridized carbons (Fsp3) is 0.316. The first kappa shape index (κ1) is 36.8. The lowest BCUT2D eigenvalue weighted by Gasteiger charge is -2.34. The zero-order chi connectivity index (χ0) is 35.6. The molecule has 4 rings (SSSR count). The Hall–Kier alpha value is -5.03. The molecule has 4 aromatic rings. The van der Waals surface area contributed by atoms with Crippen molar-refractivity contribution in [2.24, 2.45) is 0 Å². The van der Waals surface area contributed by atoms with E-state index in [2.05, 4.69) is 5.32 Å². The summed E-state index contributed by atoms with van der Waals surface area (Å²) in [4.78, 5) is 30.1. The highest BCUT2D eigenvalue weighted by Crippen LogP contribution is 2.32. The van der Waals surface area contributed by atoms with Gasteiger partial charge in [0.2, 0.25) is 11.8 Å². The van der Waals surface area contributed by atoms with Crippen LogP contribution in [0.2, 0.25) is 0 Å². The third-order valence-electron chi connectivity index (χ3n) is 8.30. The number of carbonyl (C=O) groups is 2. The average molecular weight is 688 g/mol. The van der Waals surface area contributed by atoms with E-state index in [0.29, 0.717) is 29.2 Å². The van der Waals surface area contributed by atoms with Crippen molar-refractivity contribution in [2.75, 3.05) is 32.2 Å². The lowest BCUT2D eigenvalue weighted by molar-refractivity contribution is -0.140. The maximum Gasteiger partial charge on any atom is 0.264 e. The Kier molecular flexibility index (Phi) is 12.7. The van der Waals surface area contributed by atoms with Gasteiger partial charge in [0.05, 0.1) is 31.9 Å². The molecule has 0 saturated heterocycles. The molecule has 1 N–H and O–H groups in total. The largest absolute Gasteiger partial charge is 0.497 e. The number of sulfonamides is 1. The molecule has 0 aliphatic heterocycles. The molecule has 0 aliphatic carbocycles. The first-order chi connectivity index (χ1) is 23.5. The summed E-state index contributed by atoms with van der Waals surface area (Å²) in [5, 5.41) is 3.05. The van der Waals surface area contributed by atoms with Crippen molar-refractivity contribution in [1.29, 1.82) is 0 Å². The van der Waals surface area contributed by atoms with Gasteiger partial charge in [0, 0.05) is 25.1 Å². The Balaban J connectivity index is 1.84. The molecule has 2 amide bonds. The molecule has 0 unspecified atom stereocenters. The van der Waals surface area contributed by atoms with Crippen LogP contribution in [-0.2, 0) is 32.6 Å². The maximum atomic E-state index is 14.7. The molecular weight excluding hydrogens is 642 g/mol. The van der Waals surface area contributed by atoms with E-state index in [1.807, 2.05) is 63.2 Å². The third kappa shape index (κ3) is 9.32. The highest BCUT2D eigenvalue weighted by molar-refractivity contribution is 7.92. The van der Waals surface area contributed by atoms with E-state index in [9.17, 15) is 18.0 Å². The highest BCUT2D eigenvalue weighted by Gasteiger charge is 2.35. The molecule has 10 nitrogen and oxygen atoms in total. The van der Waals surface area contributed by atoms with E-state index in [4.69, 9.17) is 14.2 Å². The Morgan fingerprint density at radius 1 is 0.796 bits per heavy atom. The van der Waals surface area contributed by atoms with Gasteiger partial charge in [-0.2, -0.15) is 0 Å². The van der Waals surface area contributed by atoms with Crippen LogP contribution in [0.3, 0.4) is 0 Å². The molecule has 4 aromatic carbocycles. The lowest BCUT2D eigenvalue weighted by atomic mass is 10.0. The van der Waals surface area contributed by atoms with E-state index in [1.165, 1.54) is 37.3 Å². The van der Waals surface area contributed by atoms with Gasteiger partial charge in [-0.25, -0.2) is 8.42 Å². The smallest absolute Gasteiger partial charge is 0.264 e. The van der Waals surface area contributed by atoms with Crippen LogP contribution in [0.4, 0.5) is 5.69 Å². The van der Waals surface area contributed by atoms with E-state index >= 15 is 0 Å². The van der Waals surface area contributed by atoms with Crippen LogP contribution in [0.1, 0.15) is 37.0 Å². The molecule has 49 heavy (non-hydrogen) atoms. The van der Waals surface area contributed by atoms with E-state index in [-0.39, 0.29) is 35.6 Å². The second-order valence-corrected chi connectivity index (χ2v) is 13.6. The summed E-state index contributed by atoms with van der Waals surface area (Å²) in [6.07, 6.45) is 0.907. The summed E-state index contributed by atoms with van der Waals surface area (Å²) in [6.45, 7) is 5.21. The quantitative estimate of drug-likeness (QED) is 0.159. The van der Waals surface area contributed by atoms with Gasteiger partial charge < -0.3 is 24.4 Å². The van der Waals surface area contributed by atoms with Gasteiger partial charge in [-0.15, -0.1) is 0 Å². The molecule has 0 fully saturated rings. The van der Waals surface area contributed by atoms with Crippen LogP contribution < -0.4 is 23.8 Å². The highest BCUT2D eigenvalue weighted by atomic mass is 32.2. The third-order valence-corrected chi connectivity index (χ3v) is 10.1. The summed E-state index contributed by atoms with van der Waals surface area (Å²) in [5.41, 5.74) is 2.77. The fourth-order valence-corrected chi connectivity index (χ4v) is 6.74. The number of amides is 2. The molecule has 0 radical (unpaired) electrons. The van der Waals surface area contributed by atoms with Crippen molar-refractivity contribution in [1.82, 2.24) is 10.2 Å². The SMILES string of the molecule is CC[C@H](C)NC(=O)[C@H](Cc1ccccc1)N(Cc1cccc(OC)c1)C(=O)CN(c1ccc(C)cc1)S(=O)(=O)c1ccc(OC)c(OC)c1. The molecule has 0 spiro atoms. The molecule has 11 heteroatoms. The number of hydrogen-bond acceptors (Lipinski definition) is 7. The summed E-state index contributed by atoms with van der Waals surface area (Å²) in [5.74, 6) is 0.278. The van der Waals surface area contributed by atoms with Crippen LogP contribution in [-0.4, -0.2) is 65.1 Å². The topological polar surface area (TPSA) is 114 Å². The normalized spacial score (nSPS) is 12.4. The number of hydrogen-bond donors (Lipinski definition) is 1. The van der Waals surface area contributed by atoms with Gasteiger partial charge in [-0.05, 0) is 67.8 Å². The number of carbonyl (C=O) groups excluding carboxylic acids is 2. The van der Waals surface area contributed by atoms with Gasteiger partial charge in [0.15, 0.2) is 11.5 Å². The van der Waals surface area contributed by atoms with E-state index in [1.54, 1.807) is 43.5 Å². The van der Waals surface area contributed by atoms with Crippen molar-refractivity contribution < 1.29 is 32.2 Å². The number of nitrogens with one attached hydrogen (secondary N) is 1. The second kappa shape index (κ2) is 16.9. The summed E-state index contributed by atoms with van der Waals surface area (Å²) in [6, 6.07) is 26.7. The van der Waals surface area contributed by atoms with E-state index < -0.39 is 28.5 Å². The average Bonchev–Trinajstić information content (AvgIpc) is 3.12. The molecular formula is C38H45N3O7S. The first-order valence-electron chi connectivity index (χ1n) is 16.1. The Bertz CT molecular complexity index is 1820. The van der Waals surface area contributed by atoms with Crippen molar-refractivity contribution >= 4 is 27.5 Å². The van der Waals surface area contributed by atoms with Gasteiger partial charge in [-0.1, -0.05) is 67.1 Å². The number of methoxy groups -OCH3 is 3. The minimum absolute atomic E-state index is 0.0274. The van der Waals surface area contributed by atoms with Crippen LogP contribution in [0.25, 0.3) is 0 Å². The van der Waals surface area contributed by atoms with Gasteiger partial charge >= 0.3 is 0 Å². The van der Waals surface area contributed by atoms with Crippen LogP contribution in [0, 0.1) is 6.92 Å². The molecule has 0 heterocycles. The molecule has 0 saturated carbocycles. The first-order valence-corrected chi connectivity index (χ1v) is 17.5. The zero-order valence-electron chi connectivity index (χ0n) is 28.9. The molecule has 0 aromatic heterocycles. The predicted octanol–water partition coefficient (Wildman–Crippen LogP) is 5.77. The van der Waals surface area contributed by atoms with Crippen LogP contribution in [0.5, 0.6) is 17.2 Å². The summed E-state index contributed by atoms with van der Waals surface area (Å²) in [7, 11) is 0.101. The number of nitrogens with zero attached hydrogens (tertiary/aromatic N) is 2. The maximum absolute atomic E-state index is 14.7. The van der Waals surface area contributed by atoms with Crippen molar-refractivity contribution in [3.63, 3.8) is 0 Å². The molecule has 2 atom stereocenters. The second-order valence-electron chi connectivity index (χ2n) is 11.8. The monoisotopic (exact) mass is 687 g/mol. The number of anilines is 1. The van der Waals surface area contributed by atoms with Gasteiger partial charge in [-0.3, -0.25) is 13.9 Å². The van der Waals surface area contributed by atoms with E-state index in [0.717, 1.165) is 15.4 Å². The lowest BCUT2D eigenvalue weighted by Crippen LogP contribution is -2.54. The Morgan fingerprint density at radius 3 is 2.10 bits per heavy atom. The van der Waals surface area contributed by atoms with Crippen molar-refractivity contribution in [2.45, 2.75) is 57.1 Å². The number of benzene rings is 4. The minimum Gasteiger partial charge on any atom is -0.497 e. The van der Waals surface area contributed by atoms with Crippen molar-refractivity contribution in [3.8, 4) is 17.2 Å². The number of aryl methyl sites for hydroxylation is 1. The number of ether oxygens (including phenoxy) is 3. The van der Waals surface area contributed by atoms with Crippen LogP contribution >= 0.6 is 0 Å². The minimum atomic E-state index is -4.33. The van der Waals surface area contributed by atoms with Gasteiger partial charge in [0.1, 0.15) is 18.3 Å².